The monoisotopic (exact) mass is 561 g/mol. The van der Waals surface area contributed by atoms with Gasteiger partial charge in [-0.2, -0.15) is 0 Å². The van der Waals surface area contributed by atoms with Gasteiger partial charge >= 0.3 is 5.97 Å². The van der Waals surface area contributed by atoms with Crippen molar-refractivity contribution in [3.8, 4) is 17.0 Å². The quantitative estimate of drug-likeness (QED) is 0.282. The van der Waals surface area contributed by atoms with Crippen LogP contribution in [0.15, 0.2) is 54.7 Å². The number of carbonyl (C=O) groups excluding carboxylic acids is 1. The zero-order valence-corrected chi connectivity index (χ0v) is 22.2. The van der Waals surface area contributed by atoms with Gasteiger partial charge in [-0.05, 0) is 43.0 Å². The predicted molar refractivity (Wildman–Crippen MR) is 142 cm³/mol. The van der Waals surface area contributed by atoms with Crippen LogP contribution < -0.4 is 15.0 Å². The van der Waals surface area contributed by atoms with Crippen LogP contribution in [0.1, 0.15) is 35.2 Å². The Morgan fingerprint density at radius 3 is 2.45 bits per heavy atom. The number of alkyl halides is 2. The molecule has 2 aromatic carbocycles. The number of carbonyl (C=O) groups is 1. The van der Waals surface area contributed by atoms with Gasteiger partial charge in [-0.1, -0.05) is 30.3 Å². The summed E-state index contributed by atoms with van der Waals surface area (Å²) in [5.74, 6) is -3.17. The first kappa shape index (κ1) is 29.3. The summed E-state index contributed by atoms with van der Waals surface area (Å²) >= 11 is 0. The molecule has 7 nitrogen and oxygen atoms in total. The van der Waals surface area contributed by atoms with Crippen molar-refractivity contribution in [2.24, 2.45) is 0 Å². The fourth-order valence-electron chi connectivity index (χ4n) is 5.09. The van der Waals surface area contributed by atoms with Gasteiger partial charge in [0, 0.05) is 25.2 Å². The number of benzene rings is 2. The lowest BCUT2D eigenvalue weighted by Crippen LogP contribution is -2.62. The van der Waals surface area contributed by atoms with E-state index in [0.29, 0.717) is 25.1 Å². The van der Waals surface area contributed by atoms with Crippen LogP contribution in [0.3, 0.4) is 0 Å². The molecule has 4 rings (SSSR count). The number of rotatable bonds is 9. The number of hydrogen-bond acceptors (Lipinski definition) is 7. The zero-order valence-electron chi connectivity index (χ0n) is 22.2. The van der Waals surface area contributed by atoms with E-state index < -0.39 is 41.4 Å². The normalized spacial score (nSPS) is 18.4. The molecule has 1 saturated heterocycles. The van der Waals surface area contributed by atoms with Crippen molar-refractivity contribution < 1.29 is 36.9 Å². The molecule has 214 valence electrons. The van der Waals surface area contributed by atoms with Crippen molar-refractivity contribution in [1.29, 1.82) is 0 Å². The molecule has 0 radical (unpaired) electrons. The molecule has 2 N–H and O–H groups in total. The molecule has 1 fully saturated rings. The summed E-state index contributed by atoms with van der Waals surface area (Å²) < 4.78 is 66.5. The van der Waals surface area contributed by atoms with Crippen LogP contribution in [0.4, 0.5) is 23.2 Å². The van der Waals surface area contributed by atoms with E-state index in [1.165, 1.54) is 19.4 Å². The van der Waals surface area contributed by atoms with Crippen molar-refractivity contribution >= 4 is 11.7 Å². The summed E-state index contributed by atoms with van der Waals surface area (Å²) in [7, 11) is 2.33. The number of aliphatic hydroxyl groups excluding tert-OH is 1. The van der Waals surface area contributed by atoms with Crippen molar-refractivity contribution in [2.45, 2.75) is 43.9 Å². The zero-order chi connectivity index (χ0) is 28.9. The second kappa shape index (κ2) is 12.6. The maximum Gasteiger partial charge on any atom is 0.340 e. The highest BCUT2D eigenvalue weighted by atomic mass is 19.3. The van der Waals surface area contributed by atoms with Crippen LogP contribution in [0.25, 0.3) is 11.3 Å². The average molecular weight is 562 g/mol. The van der Waals surface area contributed by atoms with Gasteiger partial charge in [-0.25, -0.2) is 22.4 Å². The maximum absolute atomic E-state index is 14.4. The number of pyridine rings is 1. The molecule has 3 aromatic rings. The lowest BCUT2D eigenvalue weighted by atomic mass is 9.86. The van der Waals surface area contributed by atoms with E-state index in [0.717, 1.165) is 24.8 Å². The number of aromatic nitrogens is 1. The van der Waals surface area contributed by atoms with Gasteiger partial charge in [0.15, 0.2) is 17.4 Å². The minimum Gasteiger partial charge on any atom is -0.491 e. The topological polar surface area (TPSA) is 83.9 Å². The Labute approximate surface area is 229 Å². The van der Waals surface area contributed by atoms with Crippen LogP contribution in [0, 0.1) is 11.6 Å². The Morgan fingerprint density at radius 2 is 1.82 bits per heavy atom. The molecule has 0 bridgehead atoms. The lowest BCUT2D eigenvalue weighted by molar-refractivity contribution is -0.0615. The minimum absolute atomic E-state index is 0.0366. The molecule has 0 unspecified atom stereocenters. The molecule has 2 atom stereocenters. The highest BCUT2D eigenvalue weighted by Gasteiger charge is 2.45. The fraction of sp³-hybridized carbons (Fsp3) is 0.379. The second-order valence-electron chi connectivity index (χ2n) is 9.70. The molecule has 40 heavy (non-hydrogen) atoms. The van der Waals surface area contributed by atoms with Crippen molar-refractivity contribution in [3.63, 3.8) is 0 Å². The number of nitrogens with zero attached hydrogens (tertiary/aromatic N) is 2. The molecular formula is C29H31F4N3O4. The highest BCUT2D eigenvalue weighted by Crippen LogP contribution is 2.35. The average Bonchev–Trinajstić information content (AvgIpc) is 3.18. The molecule has 1 aliphatic heterocycles. The summed E-state index contributed by atoms with van der Waals surface area (Å²) in [4.78, 5) is 18.9. The Kier molecular flexibility index (Phi) is 9.26. The van der Waals surface area contributed by atoms with E-state index in [1.54, 1.807) is 4.90 Å². The third-order valence-electron chi connectivity index (χ3n) is 7.19. The Balaban J connectivity index is 1.73. The predicted octanol–water partition coefficient (Wildman–Crippen LogP) is 4.97. The number of esters is 1. The number of hydrogen-bond donors (Lipinski definition) is 2. The molecule has 0 spiro atoms. The largest absolute Gasteiger partial charge is 0.491 e. The van der Waals surface area contributed by atoms with Crippen LogP contribution in [0.5, 0.6) is 5.75 Å². The first-order chi connectivity index (χ1) is 19.2. The van der Waals surface area contributed by atoms with Gasteiger partial charge in [0.25, 0.3) is 6.43 Å². The van der Waals surface area contributed by atoms with Gasteiger partial charge < -0.3 is 24.8 Å². The number of ether oxygens (including phenoxy) is 2. The summed E-state index contributed by atoms with van der Waals surface area (Å²) in [6.45, 7) is 0.581. The molecule has 1 aliphatic rings. The number of anilines is 1. The standard InChI is InChI=1S/C29H31F4N3O4/c1-39-25-21(30)12-19(13-22(25)31)23-14-20(28(38)40-2)24(16-34-23)36-11-7-6-10-29(17-36,26(37)27(32)33)35-15-18-8-4-3-5-9-18/h3-5,8-9,12-14,16,26-27,35,37H,6-7,10-11,15,17H2,1-2H3/t26-,29-/m1/s1. The molecule has 11 heteroatoms. The lowest BCUT2D eigenvalue weighted by Gasteiger charge is -2.41. The Bertz CT molecular complexity index is 1300. The van der Waals surface area contributed by atoms with Gasteiger partial charge in [0.2, 0.25) is 0 Å². The Hall–Kier alpha value is -3.70. The minimum atomic E-state index is -3.01. The van der Waals surface area contributed by atoms with E-state index >= 15 is 0 Å². The maximum atomic E-state index is 14.4. The van der Waals surface area contributed by atoms with Gasteiger partial charge in [-0.15, -0.1) is 0 Å². The molecular weight excluding hydrogens is 530 g/mol. The Morgan fingerprint density at radius 1 is 1.12 bits per heavy atom. The third kappa shape index (κ3) is 6.20. The van der Waals surface area contributed by atoms with Gasteiger partial charge in [-0.3, -0.25) is 4.98 Å². The summed E-state index contributed by atoms with van der Waals surface area (Å²) in [5.41, 5.74) is -0.0569. The molecule has 0 aliphatic carbocycles. The number of nitrogens with one attached hydrogen (secondary N) is 1. The summed E-state index contributed by atoms with van der Waals surface area (Å²) in [6.07, 6.45) is -2.23. The van der Waals surface area contributed by atoms with Crippen LogP contribution in [-0.2, 0) is 11.3 Å². The SMILES string of the molecule is COC(=O)c1cc(-c2cc(F)c(OC)c(F)c2)ncc1N1CCCC[C@](NCc2ccccc2)([C@H](O)C(F)F)C1. The highest BCUT2D eigenvalue weighted by molar-refractivity contribution is 5.97. The van der Waals surface area contributed by atoms with E-state index in [4.69, 9.17) is 9.47 Å². The molecule has 2 heterocycles. The van der Waals surface area contributed by atoms with Gasteiger partial charge in [0.1, 0.15) is 6.10 Å². The van der Waals surface area contributed by atoms with E-state index in [2.05, 4.69) is 10.3 Å². The smallest absolute Gasteiger partial charge is 0.340 e. The summed E-state index contributed by atoms with van der Waals surface area (Å²) in [6, 6.07) is 12.6. The third-order valence-corrected chi connectivity index (χ3v) is 7.19. The first-order valence-electron chi connectivity index (χ1n) is 12.8. The van der Waals surface area contributed by atoms with E-state index in [-0.39, 0.29) is 36.3 Å². The van der Waals surface area contributed by atoms with E-state index in [9.17, 15) is 27.5 Å². The van der Waals surface area contributed by atoms with Crippen LogP contribution in [-0.4, -0.2) is 61.4 Å². The summed E-state index contributed by atoms with van der Waals surface area (Å²) in [5, 5.41) is 13.9. The molecule has 1 aromatic heterocycles. The van der Waals surface area contributed by atoms with Crippen LogP contribution >= 0.6 is 0 Å². The van der Waals surface area contributed by atoms with Crippen molar-refractivity contribution in [3.05, 3.63) is 77.5 Å². The fourth-order valence-corrected chi connectivity index (χ4v) is 5.09. The molecule has 0 saturated carbocycles. The number of methoxy groups -OCH3 is 2. The first-order valence-corrected chi connectivity index (χ1v) is 12.8. The van der Waals surface area contributed by atoms with Gasteiger partial charge in [0.05, 0.1) is 42.9 Å². The second-order valence-corrected chi connectivity index (χ2v) is 9.70. The number of aliphatic hydroxyl groups is 1. The van der Waals surface area contributed by atoms with Crippen molar-refractivity contribution in [2.75, 3.05) is 32.2 Å². The van der Waals surface area contributed by atoms with Crippen LogP contribution in [0.2, 0.25) is 0 Å². The van der Waals surface area contributed by atoms with E-state index in [1.807, 2.05) is 30.3 Å². The molecule has 0 amide bonds. The number of halogens is 4. The van der Waals surface area contributed by atoms with Crippen molar-refractivity contribution in [1.82, 2.24) is 10.3 Å².